The third-order valence-corrected chi connectivity index (χ3v) is 4.20. The molecule has 3 aromatic rings. The highest BCUT2D eigenvalue weighted by Crippen LogP contribution is 2.27. The highest BCUT2D eigenvalue weighted by Gasteiger charge is 2.19. The normalized spacial score (nSPS) is 10.2. The minimum Gasteiger partial charge on any atom is -0.492 e. The Morgan fingerprint density at radius 3 is 2.37 bits per heavy atom. The van der Waals surface area contributed by atoms with Crippen molar-refractivity contribution < 1.29 is 14.3 Å². The summed E-state index contributed by atoms with van der Waals surface area (Å²) < 4.78 is 12.4. The van der Waals surface area contributed by atoms with Crippen LogP contribution in [0.5, 0.6) is 11.6 Å². The molecule has 30 heavy (non-hydrogen) atoms. The summed E-state index contributed by atoms with van der Waals surface area (Å²) in [4.78, 5) is 16.7. The second-order valence-electron chi connectivity index (χ2n) is 6.57. The number of rotatable bonds is 8. The Morgan fingerprint density at radius 2 is 1.83 bits per heavy atom. The molecule has 0 bridgehead atoms. The molecule has 2 aromatic heterocycles. The maximum atomic E-state index is 12.5. The molecule has 0 aliphatic rings. The molecular formula is C21H26Cl2N4O3. The monoisotopic (exact) mass is 452 g/mol. The number of carbonyl (C=O) groups is 1. The zero-order valence-electron chi connectivity index (χ0n) is 17.1. The van der Waals surface area contributed by atoms with Gasteiger partial charge in [0.1, 0.15) is 18.1 Å². The quantitative estimate of drug-likeness (QED) is 0.519. The van der Waals surface area contributed by atoms with E-state index < -0.39 is 0 Å². The van der Waals surface area contributed by atoms with Crippen LogP contribution >= 0.6 is 24.8 Å². The number of nitrogens with zero attached hydrogens (tertiary/aromatic N) is 3. The van der Waals surface area contributed by atoms with Gasteiger partial charge in [0.05, 0.1) is 24.7 Å². The molecule has 0 atom stereocenters. The first kappa shape index (κ1) is 25.4. The maximum absolute atomic E-state index is 12.5. The third-order valence-electron chi connectivity index (χ3n) is 4.20. The molecule has 7 nitrogen and oxygen atoms in total. The van der Waals surface area contributed by atoms with Gasteiger partial charge in [0.15, 0.2) is 5.78 Å². The van der Waals surface area contributed by atoms with Crippen LogP contribution < -0.4 is 15.2 Å². The van der Waals surface area contributed by atoms with Gasteiger partial charge in [-0.1, -0.05) is 13.8 Å². The standard InChI is InChI=1S/C21H24N4O3.2ClH/c1-14(2)21(26)18-12-19(15-4-7-17(8-5-15)28-11-10-22)25(24-18)16-6-9-20(27-3)23-13-16;;/h4-9,12-14H,10-11,22H2,1-3H3;2*1H. The minimum atomic E-state index is -0.141. The molecule has 9 heteroatoms. The van der Waals surface area contributed by atoms with E-state index in [1.54, 1.807) is 24.1 Å². The van der Waals surface area contributed by atoms with Crippen LogP contribution in [0.1, 0.15) is 24.3 Å². The molecular weight excluding hydrogens is 427 g/mol. The molecule has 3 rings (SSSR count). The van der Waals surface area contributed by atoms with Crippen LogP contribution in [0.4, 0.5) is 0 Å². The van der Waals surface area contributed by atoms with E-state index in [9.17, 15) is 4.79 Å². The fourth-order valence-electron chi connectivity index (χ4n) is 2.72. The summed E-state index contributed by atoms with van der Waals surface area (Å²) in [6, 6.07) is 13.0. The number of carbonyl (C=O) groups excluding carboxylic acids is 1. The van der Waals surface area contributed by atoms with Gasteiger partial charge in [0.25, 0.3) is 0 Å². The van der Waals surface area contributed by atoms with E-state index in [2.05, 4.69) is 10.1 Å². The molecule has 0 spiro atoms. The van der Waals surface area contributed by atoms with Crippen molar-refractivity contribution in [2.24, 2.45) is 11.7 Å². The number of halogens is 2. The van der Waals surface area contributed by atoms with Crippen molar-refractivity contribution in [3.05, 3.63) is 54.4 Å². The number of methoxy groups -OCH3 is 1. The number of ether oxygens (including phenoxy) is 2. The summed E-state index contributed by atoms with van der Waals surface area (Å²) in [5.74, 6) is 1.10. The van der Waals surface area contributed by atoms with Gasteiger partial charge < -0.3 is 15.2 Å². The van der Waals surface area contributed by atoms with Crippen LogP contribution in [0.25, 0.3) is 16.9 Å². The van der Waals surface area contributed by atoms with Gasteiger partial charge in [-0.25, -0.2) is 9.67 Å². The van der Waals surface area contributed by atoms with Gasteiger partial charge in [0.2, 0.25) is 5.88 Å². The van der Waals surface area contributed by atoms with Crippen molar-refractivity contribution in [1.82, 2.24) is 14.8 Å². The summed E-state index contributed by atoms with van der Waals surface area (Å²) in [5.41, 5.74) is 8.33. The Bertz CT molecular complexity index is 942. The first-order valence-electron chi connectivity index (χ1n) is 9.11. The van der Waals surface area contributed by atoms with E-state index in [1.165, 1.54) is 0 Å². The molecule has 0 fully saturated rings. The molecule has 1 aromatic carbocycles. The Kier molecular flexibility index (Phi) is 9.78. The molecule has 2 N–H and O–H groups in total. The number of hydrogen-bond donors (Lipinski definition) is 1. The number of Topliss-reactive ketones (excluding diaryl/α,β-unsaturated/α-hetero) is 1. The van der Waals surface area contributed by atoms with E-state index in [-0.39, 0.29) is 36.5 Å². The van der Waals surface area contributed by atoms with E-state index in [4.69, 9.17) is 15.2 Å². The van der Waals surface area contributed by atoms with Crippen molar-refractivity contribution in [2.75, 3.05) is 20.3 Å². The van der Waals surface area contributed by atoms with Gasteiger partial charge in [0, 0.05) is 24.1 Å². The predicted octanol–water partition coefficient (Wildman–Crippen LogP) is 3.96. The zero-order chi connectivity index (χ0) is 20.1. The summed E-state index contributed by atoms with van der Waals surface area (Å²) in [7, 11) is 1.56. The largest absolute Gasteiger partial charge is 0.492 e. The smallest absolute Gasteiger partial charge is 0.213 e. The van der Waals surface area contributed by atoms with Gasteiger partial charge in [-0.05, 0) is 36.4 Å². The molecule has 0 amide bonds. The molecule has 2 heterocycles. The van der Waals surface area contributed by atoms with E-state index in [1.807, 2.05) is 50.2 Å². The van der Waals surface area contributed by atoms with Gasteiger partial charge in [-0.2, -0.15) is 5.10 Å². The summed E-state index contributed by atoms with van der Waals surface area (Å²) in [6.45, 7) is 4.64. The number of hydrogen-bond acceptors (Lipinski definition) is 6. The average Bonchev–Trinajstić information content (AvgIpc) is 3.17. The first-order chi connectivity index (χ1) is 13.5. The van der Waals surface area contributed by atoms with E-state index >= 15 is 0 Å². The lowest BCUT2D eigenvalue weighted by molar-refractivity contribution is 0.0934. The first-order valence-corrected chi connectivity index (χ1v) is 9.11. The highest BCUT2D eigenvalue weighted by molar-refractivity contribution is 5.96. The van der Waals surface area contributed by atoms with Crippen molar-refractivity contribution in [2.45, 2.75) is 13.8 Å². The van der Waals surface area contributed by atoms with Gasteiger partial charge >= 0.3 is 0 Å². The molecule has 0 aliphatic carbocycles. The molecule has 162 valence electrons. The number of pyridine rings is 1. The van der Waals surface area contributed by atoms with Crippen LogP contribution in [0.3, 0.4) is 0 Å². The Balaban J connectivity index is 0.00000225. The van der Waals surface area contributed by atoms with Crippen LogP contribution in [-0.4, -0.2) is 40.8 Å². The fourth-order valence-corrected chi connectivity index (χ4v) is 2.72. The Morgan fingerprint density at radius 1 is 1.13 bits per heavy atom. The molecule has 0 saturated heterocycles. The molecule has 0 radical (unpaired) electrons. The lowest BCUT2D eigenvalue weighted by Gasteiger charge is -2.09. The maximum Gasteiger partial charge on any atom is 0.213 e. The Labute approximate surface area is 188 Å². The van der Waals surface area contributed by atoms with Crippen LogP contribution in [-0.2, 0) is 0 Å². The van der Waals surface area contributed by atoms with E-state index in [0.717, 1.165) is 22.7 Å². The second-order valence-corrected chi connectivity index (χ2v) is 6.57. The topological polar surface area (TPSA) is 92.3 Å². The van der Waals surface area contributed by atoms with Crippen LogP contribution in [0, 0.1) is 5.92 Å². The number of aromatic nitrogens is 3. The lowest BCUT2D eigenvalue weighted by Crippen LogP contribution is -2.10. The minimum absolute atomic E-state index is 0. The number of nitrogens with two attached hydrogens (primary N) is 1. The fraction of sp³-hybridized carbons (Fsp3) is 0.286. The predicted molar refractivity (Wildman–Crippen MR) is 122 cm³/mol. The summed E-state index contributed by atoms with van der Waals surface area (Å²) in [6.07, 6.45) is 1.66. The average molecular weight is 453 g/mol. The van der Waals surface area contributed by atoms with Crippen molar-refractivity contribution in [3.8, 4) is 28.6 Å². The van der Waals surface area contributed by atoms with Crippen molar-refractivity contribution in [1.29, 1.82) is 0 Å². The SMILES string of the molecule is COc1ccc(-n2nc(C(=O)C(C)C)cc2-c2ccc(OCCN)cc2)cn1.Cl.Cl. The van der Waals surface area contributed by atoms with Crippen molar-refractivity contribution in [3.63, 3.8) is 0 Å². The zero-order valence-corrected chi connectivity index (χ0v) is 18.7. The molecule has 0 aliphatic heterocycles. The van der Waals surface area contributed by atoms with Crippen LogP contribution in [0.15, 0.2) is 48.7 Å². The molecule has 0 saturated carbocycles. The number of benzene rings is 1. The van der Waals surface area contributed by atoms with Gasteiger partial charge in [-0.15, -0.1) is 24.8 Å². The second kappa shape index (κ2) is 11.5. The Hall–Kier alpha value is -2.61. The number of ketones is 1. The highest BCUT2D eigenvalue weighted by atomic mass is 35.5. The van der Waals surface area contributed by atoms with Crippen LogP contribution in [0.2, 0.25) is 0 Å². The van der Waals surface area contributed by atoms with Gasteiger partial charge in [-0.3, -0.25) is 4.79 Å². The van der Waals surface area contributed by atoms with E-state index in [0.29, 0.717) is 24.7 Å². The molecule has 0 unspecified atom stereocenters. The lowest BCUT2D eigenvalue weighted by atomic mass is 10.1. The summed E-state index contributed by atoms with van der Waals surface area (Å²) >= 11 is 0. The summed E-state index contributed by atoms with van der Waals surface area (Å²) in [5, 5.41) is 4.54. The van der Waals surface area contributed by atoms with Crippen molar-refractivity contribution >= 4 is 30.6 Å². The third kappa shape index (κ3) is 5.72.